The van der Waals surface area contributed by atoms with Crippen LogP contribution >= 0.6 is 0 Å². The molecule has 1 amide bonds. The van der Waals surface area contributed by atoms with Crippen LogP contribution in [0.25, 0.3) is 11.3 Å². The number of anilines is 1. The lowest BCUT2D eigenvalue weighted by Crippen LogP contribution is -2.10. The van der Waals surface area contributed by atoms with Crippen molar-refractivity contribution in [3.63, 3.8) is 0 Å². The van der Waals surface area contributed by atoms with E-state index in [1.807, 2.05) is 30.3 Å². The number of ether oxygens (including phenoxy) is 1. The Bertz CT molecular complexity index is 884. The molecule has 0 aliphatic heterocycles. The number of carbonyl (C=O) groups excluding carboxylic acids is 1. The number of nitrogens with zero attached hydrogens (tertiary/aromatic N) is 3. The molecule has 138 valence electrons. The van der Waals surface area contributed by atoms with Crippen molar-refractivity contribution in [3.8, 4) is 22.9 Å². The van der Waals surface area contributed by atoms with E-state index in [2.05, 4.69) is 27.2 Å². The van der Waals surface area contributed by atoms with E-state index in [-0.39, 0.29) is 5.91 Å². The smallest absolute Gasteiger partial charge is 0.228 e. The van der Waals surface area contributed by atoms with E-state index in [0.717, 1.165) is 30.5 Å². The van der Waals surface area contributed by atoms with Gasteiger partial charge in [0, 0.05) is 30.6 Å². The van der Waals surface area contributed by atoms with Crippen LogP contribution in [0.15, 0.2) is 61.2 Å². The molecular weight excluding hydrogens is 340 g/mol. The minimum atomic E-state index is 0.0140. The van der Waals surface area contributed by atoms with E-state index in [0.29, 0.717) is 23.7 Å². The average molecular weight is 362 g/mol. The minimum Gasteiger partial charge on any atom is -0.438 e. The van der Waals surface area contributed by atoms with Crippen molar-refractivity contribution in [2.24, 2.45) is 0 Å². The molecule has 0 atom stereocenters. The SMILES string of the molecule is CCCCCC(=O)Nc1cccc(Oc2ncccc2-c2ccncn2)c1. The molecule has 1 aromatic carbocycles. The first kappa shape index (κ1) is 18.5. The van der Waals surface area contributed by atoms with Crippen molar-refractivity contribution in [2.45, 2.75) is 32.6 Å². The molecular formula is C21H22N4O2. The zero-order chi connectivity index (χ0) is 18.9. The van der Waals surface area contributed by atoms with Gasteiger partial charge in [0.1, 0.15) is 12.1 Å². The molecule has 6 heteroatoms. The van der Waals surface area contributed by atoms with Gasteiger partial charge >= 0.3 is 0 Å². The van der Waals surface area contributed by atoms with Crippen LogP contribution in [0.1, 0.15) is 32.6 Å². The summed E-state index contributed by atoms with van der Waals surface area (Å²) >= 11 is 0. The fourth-order valence-corrected chi connectivity index (χ4v) is 2.63. The van der Waals surface area contributed by atoms with E-state index in [1.54, 1.807) is 24.5 Å². The quantitative estimate of drug-likeness (QED) is 0.580. The van der Waals surface area contributed by atoms with Crippen molar-refractivity contribution >= 4 is 11.6 Å². The summed E-state index contributed by atoms with van der Waals surface area (Å²) in [5.41, 5.74) is 2.20. The zero-order valence-corrected chi connectivity index (χ0v) is 15.3. The van der Waals surface area contributed by atoms with Crippen LogP contribution in [0.3, 0.4) is 0 Å². The van der Waals surface area contributed by atoms with Crippen molar-refractivity contribution in [3.05, 3.63) is 61.2 Å². The van der Waals surface area contributed by atoms with Gasteiger partial charge in [-0.3, -0.25) is 4.79 Å². The maximum absolute atomic E-state index is 12.0. The second-order valence-electron chi connectivity index (χ2n) is 6.09. The molecule has 2 aromatic heterocycles. The van der Waals surface area contributed by atoms with Crippen molar-refractivity contribution in [1.82, 2.24) is 15.0 Å². The second-order valence-corrected chi connectivity index (χ2v) is 6.09. The number of hydrogen-bond donors (Lipinski definition) is 1. The van der Waals surface area contributed by atoms with Gasteiger partial charge in [-0.1, -0.05) is 25.8 Å². The van der Waals surface area contributed by atoms with Crippen molar-refractivity contribution in [1.29, 1.82) is 0 Å². The molecule has 27 heavy (non-hydrogen) atoms. The lowest BCUT2D eigenvalue weighted by Gasteiger charge is -2.11. The lowest BCUT2D eigenvalue weighted by atomic mass is 10.2. The number of aromatic nitrogens is 3. The number of pyridine rings is 1. The van der Waals surface area contributed by atoms with E-state index in [1.165, 1.54) is 6.33 Å². The Hall–Kier alpha value is -3.28. The van der Waals surface area contributed by atoms with Crippen LogP contribution in [0.5, 0.6) is 11.6 Å². The van der Waals surface area contributed by atoms with Gasteiger partial charge in [-0.15, -0.1) is 0 Å². The lowest BCUT2D eigenvalue weighted by molar-refractivity contribution is -0.116. The molecule has 6 nitrogen and oxygen atoms in total. The summed E-state index contributed by atoms with van der Waals surface area (Å²) in [7, 11) is 0. The largest absolute Gasteiger partial charge is 0.438 e. The highest BCUT2D eigenvalue weighted by molar-refractivity contribution is 5.90. The predicted molar refractivity (Wildman–Crippen MR) is 105 cm³/mol. The molecule has 3 rings (SSSR count). The van der Waals surface area contributed by atoms with Crippen LogP contribution in [0.4, 0.5) is 5.69 Å². The fraction of sp³-hybridized carbons (Fsp3) is 0.238. The maximum atomic E-state index is 12.0. The summed E-state index contributed by atoms with van der Waals surface area (Å²) < 4.78 is 5.96. The van der Waals surface area contributed by atoms with E-state index >= 15 is 0 Å². The number of hydrogen-bond acceptors (Lipinski definition) is 5. The molecule has 0 fully saturated rings. The molecule has 0 bridgehead atoms. The predicted octanol–water partition coefficient (Wildman–Crippen LogP) is 4.85. The van der Waals surface area contributed by atoms with Gasteiger partial charge < -0.3 is 10.1 Å². The number of benzene rings is 1. The Balaban J connectivity index is 1.73. The summed E-state index contributed by atoms with van der Waals surface area (Å²) in [5, 5.41) is 2.91. The monoisotopic (exact) mass is 362 g/mol. The molecule has 0 unspecified atom stereocenters. The summed E-state index contributed by atoms with van der Waals surface area (Å²) in [5.74, 6) is 1.05. The number of nitrogens with one attached hydrogen (secondary N) is 1. The number of amides is 1. The molecule has 0 aliphatic carbocycles. The second kappa shape index (κ2) is 9.43. The maximum Gasteiger partial charge on any atom is 0.228 e. The third kappa shape index (κ3) is 5.34. The zero-order valence-electron chi connectivity index (χ0n) is 15.3. The van der Waals surface area contributed by atoms with Gasteiger partial charge in [-0.2, -0.15) is 0 Å². The van der Waals surface area contributed by atoms with Gasteiger partial charge in [0.15, 0.2) is 0 Å². The van der Waals surface area contributed by atoms with E-state index in [4.69, 9.17) is 4.74 Å². The average Bonchev–Trinajstić information content (AvgIpc) is 2.69. The standard InChI is InChI=1S/C21H22N4O2/c1-2-3-4-10-20(26)25-16-7-5-8-17(14-16)27-21-18(9-6-12-23-21)19-11-13-22-15-24-19/h5-9,11-15H,2-4,10H2,1H3,(H,25,26). The van der Waals surface area contributed by atoms with Gasteiger partial charge in [0.2, 0.25) is 11.8 Å². The Morgan fingerprint density at radius 3 is 2.81 bits per heavy atom. The molecule has 0 saturated carbocycles. The first-order valence-electron chi connectivity index (χ1n) is 9.05. The minimum absolute atomic E-state index is 0.0140. The Kier molecular flexibility index (Phi) is 6.46. The van der Waals surface area contributed by atoms with Gasteiger partial charge in [-0.25, -0.2) is 15.0 Å². The van der Waals surface area contributed by atoms with Crippen LogP contribution in [0.2, 0.25) is 0 Å². The van der Waals surface area contributed by atoms with Gasteiger partial charge in [0.25, 0.3) is 0 Å². The Morgan fingerprint density at radius 1 is 1.07 bits per heavy atom. The summed E-state index contributed by atoms with van der Waals surface area (Å²) in [6, 6.07) is 12.8. The first-order valence-corrected chi connectivity index (χ1v) is 9.05. The van der Waals surface area contributed by atoms with Crippen molar-refractivity contribution < 1.29 is 9.53 Å². The van der Waals surface area contributed by atoms with Crippen LogP contribution < -0.4 is 10.1 Å². The highest BCUT2D eigenvalue weighted by Crippen LogP contribution is 2.30. The highest BCUT2D eigenvalue weighted by Gasteiger charge is 2.10. The number of carbonyl (C=O) groups is 1. The molecule has 2 heterocycles. The summed E-state index contributed by atoms with van der Waals surface area (Å²) in [4.78, 5) is 24.5. The first-order chi connectivity index (χ1) is 13.3. The van der Waals surface area contributed by atoms with E-state index in [9.17, 15) is 4.79 Å². The van der Waals surface area contributed by atoms with Crippen LogP contribution in [0, 0.1) is 0 Å². The molecule has 0 saturated heterocycles. The Morgan fingerprint density at radius 2 is 2.00 bits per heavy atom. The fourth-order valence-electron chi connectivity index (χ4n) is 2.63. The summed E-state index contributed by atoms with van der Waals surface area (Å²) in [6.07, 6.45) is 8.40. The highest BCUT2D eigenvalue weighted by atomic mass is 16.5. The normalized spacial score (nSPS) is 10.4. The van der Waals surface area contributed by atoms with Crippen LogP contribution in [-0.4, -0.2) is 20.9 Å². The molecule has 0 aliphatic rings. The van der Waals surface area contributed by atoms with E-state index < -0.39 is 0 Å². The van der Waals surface area contributed by atoms with Gasteiger partial charge in [0.05, 0.1) is 11.3 Å². The topological polar surface area (TPSA) is 77.0 Å². The third-order valence-electron chi connectivity index (χ3n) is 3.97. The Labute approximate surface area is 158 Å². The summed E-state index contributed by atoms with van der Waals surface area (Å²) in [6.45, 7) is 2.12. The molecule has 1 N–H and O–H groups in total. The number of unbranched alkanes of at least 4 members (excludes halogenated alkanes) is 2. The molecule has 3 aromatic rings. The van der Waals surface area contributed by atoms with Crippen molar-refractivity contribution in [2.75, 3.05) is 5.32 Å². The number of rotatable bonds is 8. The molecule has 0 radical (unpaired) electrons. The third-order valence-corrected chi connectivity index (χ3v) is 3.97. The van der Waals surface area contributed by atoms with Gasteiger partial charge in [-0.05, 0) is 36.8 Å². The molecule has 0 spiro atoms. The van der Waals surface area contributed by atoms with Crippen LogP contribution in [-0.2, 0) is 4.79 Å².